The van der Waals surface area contributed by atoms with Crippen LogP contribution in [0.2, 0.25) is 0 Å². The normalized spacial score (nSPS) is 13.9. The van der Waals surface area contributed by atoms with Crippen LogP contribution >= 0.6 is 0 Å². The second kappa shape index (κ2) is 7.99. The summed E-state index contributed by atoms with van der Waals surface area (Å²) in [6.07, 6.45) is 8.06. The maximum absolute atomic E-state index is 9.49. The van der Waals surface area contributed by atoms with Gasteiger partial charge in [-0.15, -0.1) is 0 Å². The van der Waals surface area contributed by atoms with Gasteiger partial charge in [-0.2, -0.15) is 20.3 Å². The van der Waals surface area contributed by atoms with Crippen LogP contribution in [0.25, 0.3) is 22.3 Å². The topological polar surface area (TPSA) is 127 Å². The fourth-order valence-electron chi connectivity index (χ4n) is 4.04. The van der Waals surface area contributed by atoms with E-state index in [0.29, 0.717) is 34.8 Å². The van der Waals surface area contributed by atoms with Gasteiger partial charge in [0.1, 0.15) is 23.3 Å². The van der Waals surface area contributed by atoms with Gasteiger partial charge in [0.15, 0.2) is 0 Å². The molecular weight excluding hydrogens is 392 g/mol. The Morgan fingerprint density at radius 3 is 2.81 bits per heavy atom. The summed E-state index contributed by atoms with van der Waals surface area (Å²) in [5, 5.41) is 24.0. The largest absolute Gasteiger partial charge is 0.495 e. The molecule has 9 heteroatoms. The number of aromatic nitrogens is 5. The van der Waals surface area contributed by atoms with Gasteiger partial charge in [0.25, 0.3) is 0 Å². The van der Waals surface area contributed by atoms with Gasteiger partial charge in [-0.1, -0.05) is 18.9 Å². The van der Waals surface area contributed by atoms with E-state index in [1.54, 1.807) is 19.5 Å². The molecule has 0 saturated heterocycles. The van der Waals surface area contributed by atoms with Gasteiger partial charge in [-0.3, -0.25) is 5.10 Å². The molecule has 3 heterocycles. The molecule has 0 spiro atoms. The molecule has 0 radical (unpaired) electrons. The van der Waals surface area contributed by atoms with Crippen LogP contribution in [0.5, 0.6) is 5.75 Å². The van der Waals surface area contributed by atoms with Crippen LogP contribution in [0.4, 0.5) is 17.5 Å². The Bertz CT molecular complexity index is 1250. The molecule has 9 nitrogen and oxygen atoms in total. The van der Waals surface area contributed by atoms with Crippen molar-refractivity contribution in [1.82, 2.24) is 25.1 Å². The van der Waals surface area contributed by atoms with Crippen molar-refractivity contribution in [1.29, 1.82) is 5.26 Å². The number of aromatic amines is 2. The van der Waals surface area contributed by atoms with Crippen molar-refractivity contribution >= 4 is 28.5 Å². The van der Waals surface area contributed by atoms with Crippen LogP contribution in [-0.2, 0) is 0 Å². The quantitative estimate of drug-likeness (QED) is 0.370. The lowest BCUT2D eigenvalue weighted by molar-refractivity contribution is 0.417. The van der Waals surface area contributed by atoms with Gasteiger partial charge in [-0.25, -0.2) is 0 Å². The predicted octanol–water partition coefficient (Wildman–Crippen LogP) is 4.33. The maximum atomic E-state index is 9.49. The molecule has 3 aromatic heterocycles. The molecule has 1 fully saturated rings. The number of benzene rings is 1. The number of hydrogen-bond acceptors (Lipinski definition) is 7. The number of ether oxygens (including phenoxy) is 1. The van der Waals surface area contributed by atoms with E-state index in [9.17, 15) is 5.26 Å². The number of hydrogen-bond donors (Lipinski definition) is 4. The molecule has 4 N–H and O–H groups in total. The minimum Gasteiger partial charge on any atom is -0.495 e. The summed E-state index contributed by atoms with van der Waals surface area (Å²) in [6.45, 7) is 0. The second-order valence-corrected chi connectivity index (χ2v) is 7.56. The summed E-state index contributed by atoms with van der Waals surface area (Å²) >= 11 is 0. The highest BCUT2D eigenvalue weighted by atomic mass is 16.5. The van der Waals surface area contributed by atoms with E-state index in [-0.39, 0.29) is 0 Å². The summed E-state index contributed by atoms with van der Waals surface area (Å²) < 4.78 is 5.58. The third-order valence-corrected chi connectivity index (χ3v) is 5.59. The molecular formula is C22H22N8O. The number of rotatable bonds is 6. The van der Waals surface area contributed by atoms with Crippen molar-refractivity contribution in [3.63, 3.8) is 0 Å². The fourth-order valence-corrected chi connectivity index (χ4v) is 4.04. The molecule has 1 aliphatic rings. The van der Waals surface area contributed by atoms with E-state index in [4.69, 9.17) is 9.72 Å². The van der Waals surface area contributed by atoms with Gasteiger partial charge in [-0.05, 0) is 31.0 Å². The Kier molecular flexibility index (Phi) is 4.88. The molecule has 31 heavy (non-hydrogen) atoms. The van der Waals surface area contributed by atoms with Crippen molar-refractivity contribution in [2.45, 2.75) is 31.7 Å². The van der Waals surface area contributed by atoms with E-state index in [2.05, 4.69) is 36.9 Å². The molecule has 4 aromatic rings. The monoisotopic (exact) mass is 414 g/mol. The van der Waals surface area contributed by atoms with E-state index < -0.39 is 0 Å². The summed E-state index contributed by atoms with van der Waals surface area (Å²) in [5.41, 5.74) is 3.65. The Morgan fingerprint density at radius 1 is 1.19 bits per heavy atom. The van der Waals surface area contributed by atoms with E-state index in [1.165, 1.54) is 12.8 Å². The first-order valence-corrected chi connectivity index (χ1v) is 10.3. The van der Waals surface area contributed by atoms with Crippen molar-refractivity contribution in [2.75, 3.05) is 17.7 Å². The van der Waals surface area contributed by atoms with Crippen LogP contribution in [-0.4, -0.2) is 38.3 Å². The molecule has 0 amide bonds. The molecule has 1 aromatic carbocycles. The molecule has 0 atom stereocenters. The summed E-state index contributed by atoms with van der Waals surface area (Å²) in [6, 6.07) is 10.3. The zero-order valence-corrected chi connectivity index (χ0v) is 17.1. The number of nitrogens with one attached hydrogen (secondary N) is 4. The molecule has 1 aliphatic carbocycles. The van der Waals surface area contributed by atoms with Crippen LogP contribution in [0.15, 0.2) is 36.7 Å². The van der Waals surface area contributed by atoms with Gasteiger partial charge >= 0.3 is 0 Å². The third kappa shape index (κ3) is 3.64. The van der Waals surface area contributed by atoms with E-state index in [1.807, 2.05) is 24.3 Å². The Hall–Kier alpha value is -4.06. The number of nitriles is 1. The summed E-state index contributed by atoms with van der Waals surface area (Å²) in [5.74, 6) is 1.74. The zero-order chi connectivity index (χ0) is 21.2. The van der Waals surface area contributed by atoms with Crippen molar-refractivity contribution < 1.29 is 4.74 Å². The standard InChI is InChI=1S/C22H22N8O/c1-31-18-10-13(16-8-9-25-30-16)6-7-17(18)27-22-28-20-19(14(11-23)12-24-20)21(29-22)26-15-4-2-3-5-15/h6-10,12,15H,2-5H2,1H3,(H,25,30)(H3,24,26,27,28,29). The first kappa shape index (κ1) is 18.9. The predicted molar refractivity (Wildman–Crippen MR) is 118 cm³/mol. The lowest BCUT2D eigenvalue weighted by atomic mass is 10.1. The Balaban J connectivity index is 1.51. The average Bonchev–Trinajstić information content (AvgIpc) is 3.55. The highest BCUT2D eigenvalue weighted by Gasteiger charge is 2.20. The maximum Gasteiger partial charge on any atom is 0.231 e. The number of anilines is 3. The van der Waals surface area contributed by atoms with Crippen LogP contribution in [0, 0.1) is 11.3 Å². The lowest BCUT2D eigenvalue weighted by Gasteiger charge is -2.16. The molecule has 5 rings (SSSR count). The Morgan fingerprint density at radius 2 is 2.06 bits per heavy atom. The first-order chi connectivity index (χ1) is 15.2. The number of nitrogens with zero attached hydrogens (tertiary/aromatic N) is 4. The highest BCUT2D eigenvalue weighted by molar-refractivity contribution is 5.93. The van der Waals surface area contributed by atoms with Crippen molar-refractivity contribution in [3.8, 4) is 23.1 Å². The molecule has 0 aliphatic heterocycles. The van der Waals surface area contributed by atoms with Crippen molar-refractivity contribution in [3.05, 3.63) is 42.2 Å². The SMILES string of the molecule is COc1cc(-c2cc[nH]n2)ccc1Nc1nc(NC2CCCC2)c2c(C#N)c[nH]c2n1. The van der Waals surface area contributed by atoms with Gasteiger partial charge in [0.05, 0.1) is 29.4 Å². The summed E-state index contributed by atoms with van der Waals surface area (Å²) in [4.78, 5) is 12.4. The molecule has 156 valence electrons. The minimum absolute atomic E-state index is 0.357. The second-order valence-electron chi connectivity index (χ2n) is 7.56. The first-order valence-electron chi connectivity index (χ1n) is 10.3. The number of methoxy groups -OCH3 is 1. The van der Waals surface area contributed by atoms with Crippen LogP contribution < -0.4 is 15.4 Å². The van der Waals surface area contributed by atoms with E-state index >= 15 is 0 Å². The molecule has 0 bridgehead atoms. The minimum atomic E-state index is 0.357. The Labute approximate surface area is 178 Å². The third-order valence-electron chi connectivity index (χ3n) is 5.59. The molecule has 0 unspecified atom stereocenters. The summed E-state index contributed by atoms with van der Waals surface area (Å²) in [7, 11) is 1.62. The fraction of sp³-hybridized carbons (Fsp3) is 0.273. The van der Waals surface area contributed by atoms with Gasteiger partial charge < -0.3 is 20.4 Å². The van der Waals surface area contributed by atoms with E-state index in [0.717, 1.165) is 35.2 Å². The smallest absolute Gasteiger partial charge is 0.231 e. The number of fused-ring (bicyclic) bond motifs is 1. The highest BCUT2D eigenvalue weighted by Crippen LogP contribution is 2.33. The zero-order valence-electron chi connectivity index (χ0n) is 17.1. The van der Waals surface area contributed by atoms with Gasteiger partial charge in [0.2, 0.25) is 5.95 Å². The average molecular weight is 414 g/mol. The lowest BCUT2D eigenvalue weighted by Crippen LogP contribution is -2.16. The van der Waals surface area contributed by atoms with Crippen LogP contribution in [0.3, 0.4) is 0 Å². The van der Waals surface area contributed by atoms with Crippen LogP contribution in [0.1, 0.15) is 31.2 Å². The molecule has 1 saturated carbocycles. The van der Waals surface area contributed by atoms with Gasteiger partial charge in [0, 0.05) is 24.0 Å². The number of H-pyrrole nitrogens is 2. The van der Waals surface area contributed by atoms with Crippen molar-refractivity contribution in [2.24, 2.45) is 0 Å².